The average molecular weight is 655 g/mol. The van der Waals surface area contributed by atoms with Gasteiger partial charge in [0.05, 0.1) is 48.4 Å². The molecule has 48 heavy (non-hydrogen) atoms. The number of imidazole rings is 2. The molecular formula is C34H38N8O6. The zero-order valence-corrected chi connectivity index (χ0v) is 27.3. The van der Waals surface area contributed by atoms with Gasteiger partial charge in [0.2, 0.25) is 11.8 Å². The summed E-state index contributed by atoms with van der Waals surface area (Å²) in [7, 11) is 2.53. The number of aromatic amines is 2. The van der Waals surface area contributed by atoms with Gasteiger partial charge >= 0.3 is 12.2 Å². The van der Waals surface area contributed by atoms with Crippen LogP contribution in [-0.2, 0) is 19.1 Å². The lowest BCUT2D eigenvalue weighted by Crippen LogP contribution is -2.46. The number of fused-ring (bicyclic) bond motifs is 2. The molecule has 4 atom stereocenters. The minimum Gasteiger partial charge on any atom is -0.453 e. The van der Waals surface area contributed by atoms with E-state index in [2.05, 4.69) is 41.9 Å². The zero-order valence-electron chi connectivity index (χ0n) is 27.3. The maximum Gasteiger partial charge on any atom is 0.407 e. The van der Waals surface area contributed by atoms with E-state index in [9.17, 15) is 19.2 Å². The van der Waals surface area contributed by atoms with Crippen LogP contribution in [0.25, 0.3) is 22.1 Å². The molecule has 2 aliphatic heterocycles. The summed E-state index contributed by atoms with van der Waals surface area (Å²) < 4.78 is 9.27. The fourth-order valence-electron chi connectivity index (χ4n) is 6.40. The molecular weight excluding hydrogens is 616 g/mol. The number of alkyl carbamates (subject to hydrolysis) is 2. The Morgan fingerprint density at radius 1 is 0.750 bits per heavy atom. The average Bonchev–Trinajstić information content (AvgIpc) is 3.91. The van der Waals surface area contributed by atoms with Gasteiger partial charge in [0.25, 0.3) is 0 Å². The number of hydrogen-bond donors (Lipinski definition) is 4. The summed E-state index contributed by atoms with van der Waals surface area (Å²) in [5.74, 6) is 7.49. The van der Waals surface area contributed by atoms with Crippen LogP contribution in [-0.4, -0.2) is 93.1 Å². The largest absolute Gasteiger partial charge is 0.453 e. The molecule has 4 aromatic rings. The molecule has 0 spiro atoms. The first-order chi connectivity index (χ1) is 23.1. The molecule has 14 heteroatoms. The quantitative estimate of drug-likeness (QED) is 0.228. The van der Waals surface area contributed by atoms with Crippen molar-refractivity contribution in [1.82, 2.24) is 40.4 Å². The monoisotopic (exact) mass is 654 g/mol. The van der Waals surface area contributed by atoms with Gasteiger partial charge in [-0.3, -0.25) is 9.59 Å². The molecule has 0 bridgehead atoms. The maximum atomic E-state index is 13.1. The van der Waals surface area contributed by atoms with E-state index in [1.807, 2.05) is 36.4 Å². The number of carbonyl (C=O) groups excluding carboxylic acids is 4. The maximum absolute atomic E-state index is 13.1. The second kappa shape index (κ2) is 13.6. The summed E-state index contributed by atoms with van der Waals surface area (Å²) in [6.07, 6.45) is 1.90. The first kappa shape index (κ1) is 32.4. The molecule has 14 nitrogen and oxygen atoms in total. The molecule has 2 aromatic carbocycles. The van der Waals surface area contributed by atoms with Crippen LogP contribution >= 0.6 is 0 Å². The number of benzene rings is 2. The minimum atomic E-state index is -0.718. The summed E-state index contributed by atoms with van der Waals surface area (Å²) in [5.41, 5.74) is 4.78. The highest BCUT2D eigenvalue weighted by molar-refractivity contribution is 5.87. The summed E-state index contributed by atoms with van der Waals surface area (Å²) in [5, 5.41) is 5.09. The third-order valence-electron chi connectivity index (χ3n) is 8.83. The van der Waals surface area contributed by atoms with Crippen molar-refractivity contribution in [2.75, 3.05) is 27.3 Å². The number of nitrogens with one attached hydrogen (secondary N) is 4. The molecule has 2 aliphatic rings. The van der Waals surface area contributed by atoms with E-state index in [1.165, 1.54) is 14.2 Å². The Bertz CT molecular complexity index is 1800. The van der Waals surface area contributed by atoms with E-state index >= 15 is 0 Å². The molecule has 250 valence electrons. The van der Waals surface area contributed by atoms with Crippen LogP contribution in [0.3, 0.4) is 0 Å². The van der Waals surface area contributed by atoms with Crippen LogP contribution in [0.1, 0.15) is 74.4 Å². The third-order valence-corrected chi connectivity index (χ3v) is 8.83. The van der Waals surface area contributed by atoms with Gasteiger partial charge in [-0.1, -0.05) is 11.8 Å². The van der Waals surface area contributed by atoms with Crippen LogP contribution in [0.5, 0.6) is 0 Å². The fraction of sp³-hybridized carbons (Fsp3) is 0.412. The lowest BCUT2D eigenvalue weighted by atomic mass is 10.1. The van der Waals surface area contributed by atoms with Crippen molar-refractivity contribution >= 4 is 46.1 Å². The van der Waals surface area contributed by atoms with E-state index in [0.29, 0.717) is 24.7 Å². The molecule has 0 aliphatic carbocycles. The smallest absolute Gasteiger partial charge is 0.407 e. The van der Waals surface area contributed by atoms with Gasteiger partial charge in [-0.15, -0.1) is 0 Å². The van der Waals surface area contributed by atoms with Gasteiger partial charge in [0, 0.05) is 24.2 Å². The van der Waals surface area contributed by atoms with Crippen molar-refractivity contribution in [1.29, 1.82) is 0 Å². The van der Waals surface area contributed by atoms with Crippen LogP contribution in [0.4, 0.5) is 9.59 Å². The normalized spacial score (nSPS) is 18.7. The number of likely N-dealkylation sites (tertiary alicyclic amines) is 2. The topological polar surface area (TPSA) is 175 Å². The summed E-state index contributed by atoms with van der Waals surface area (Å²) in [6, 6.07) is 9.64. The van der Waals surface area contributed by atoms with Gasteiger partial charge in [-0.05, 0) is 75.9 Å². The number of carbonyl (C=O) groups is 4. The Labute approximate surface area is 276 Å². The van der Waals surface area contributed by atoms with Gasteiger partial charge in [0.1, 0.15) is 23.7 Å². The van der Waals surface area contributed by atoms with Crippen molar-refractivity contribution in [3.63, 3.8) is 0 Å². The predicted octanol–water partition coefficient (Wildman–Crippen LogP) is 3.66. The molecule has 2 aromatic heterocycles. The summed E-state index contributed by atoms with van der Waals surface area (Å²) in [6.45, 7) is 4.44. The molecule has 4 amide bonds. The molecule has 4 heterocycles. The van der Waals surface area contributed by atoms with E-state index in [4.69, 9.17) is 9.97 Å². The van der Waals surface area contributed by atoms with Crippen LogP contribution in [0.2, 0.25) is 0 Å². The first-order valence-corrected chi connectivity index (χ1v) is 16.0. The van der Waals surface area contributed by atoms with E-state index in [-0.39, 0.29) is 23.9 Å². The highest BCUT2D eigenvalue weighted by Crippen LogP contribution is 2.33. The number of hydrogen-bond acceptors (Lipinski definition) is 8. The number of rotatable bonds is 6. The zero-order chi connectivity index (χ0) is 33.9. The van der Waals surface area contributed by atoms with Crippen molar-refractivity contribution < 1.29 is 28.7 Å². The molecule has 4 N–H and O–H groups in total. The molecule has 6 rings (SSSR count). The van der Waals surface area contributed by atoms with Crippen LogP contribution < -0.4 is 10.6 Å². The number of methoxy groups -OCH3 is 2. The summed E-state index contributed by atoms with van der Waals surface area (Å²) in [4.78, 5) is 69.2. The molecule has 0 unspecified atom stereocenters. The third kappa shape index (κ3) is 6.62. The summed E-state index contributed by atoms with van der Waals surface area (Å²) >= 11 is 0. The molecule has 0 radical (unpaired) electrons. The Kier molecular flexibility index (Phi) is 9.20. The minimum absolute atomic E-state index is 0.187. The van der Waals surface area contributed by atoms with Crippen LogP contribution in [0.15, 0.2) is 36.4 Å². The highest BCUT2D eigenvalue weighted by Gasteiger charge is 2.36. The van der Waals surface area contributed by atoms with E-state index in [1.54, 1.807) is 23.6 Å². The second-order valence-electron chi connectivity index (χ2n) is 12.1. The fourth-order valence-corrected chi connectivity index (χ4v) is 6.40. The van der Waals surface area contributed by atoms with E-state index in [0.717, 1.165) is 58.9 Å². The Morgan fingerprint density at radius 2 is 1.17 bits per heavy atom. The Morgan fingerprint density at radius 3 is 1.56 bits per heavy atom. The predicted molar refractivity (Wildman–Crippen MR) is 176 cm³/mol. The molecule has 2 saturated heterocycles. The van der Waals surface area contributed by atoms with Gasteiger partial charge < -0.3 is 39.9 Å². The number of amides is 4. The van der Waals surface area contributed by atoms with Gasteiger partial charge in [-0.2, -0.15) is 0 Å². The lowest BCUT2D eigenvalue weighted by molar-refractivity contribution is -0.134. The number of ether oxygens (including phenoxy) is 2. The van der Waals surface area contributed by atoms with Crippen LogP contribution in [0, 0.1) is 11.8 Å². The Balaban J connectivity index is 1.16. The second-order valence-corrected chi connectivity index (χ2v) is 12.1. The van der Waals surface area contributed by atoms with Crippen molar-refractivity contribution in [3.05, 3.63) is 59.2 Å². The SMILES string of the molecule is COC(=O)N[C@H](C)C(=O)N1CCC[C@H]1c1nc2ccc(C#Cc3ccc4nc([C@@H]5CCCN5C(=O)[C@@H](C)NC(=O)OC)[nH]c4c3)cc2[nH]1. The number of aromatic nitrogens is 4. The lowest BCUT2D eigenvalue weighted by Gasteiger charge is -2.26. The van der Waals surface area contributed by atoms with Crippen molar-refractivity contribution in [2.24, 2.45) is 0 Å². The highest BCUT2D eigenvalue weighted by atomic mass is 16.5. The van der Waals surface area contributed by atoms with Gasteiger partial charge in [-0.25, -0.2) is 19.6 Å². The Hall–Kier alpha value is -5.58. The van der Waals surface area contributed by atoms with Crippen molar-refractivity contribution in [3.8, 4) is 11.8 Å². The van der Waals surface area contributed by atoms with Crippen molar-refractivity contribution in [2.45, 2.75) is 63.7 Å². The molecule has 0 saturated carbocycles. The number of nitrogens with zero attached hydrogens (tertiary/aromatic N) is 4. The van der Waals surface area contributed by atoms with E-state index < -0.39 is 24.3 Å². The standard InChI is InChI=1S/C34H38N8O6/c1-19(35-33(45)47-3)31(43)41-15-5-7-27(41)29-37-23-13-11-21(17-25(23)39-29)9-10-22-12-14-24-26(18-22)40-30(38-24)28-8-6-16-42(28)32(44)20(2)36-34(46)48-4/h11-14,17-20,27-28H,5-8,15-16H2,1-4H3,(H,35,45)(H,36,46)(H,37,39)(H,38,40)/t19-,20-,27+,28+/m1/s1. The molecule has 2 fully saturated rings. The first-order valence-electron chi connectivity index (χ1n) is 16.0. The number of H-pyrrole nitrogens is 2. The van der Waals surface area contributed by atoms with Gasteiger partial charge in [0.15, 0.2) is 0 Å².